The third-order valence-electron chi connectivity index (χ3n) is 2.99. The second-order valence-electron chi connectivity index (χ2n) is 4.39. The summed E-state index contributed by atoms with van der Waals surface area (Å²) in [4.78, 5) is 0. The zero-order chi connectivity index (χ0) is 11.5. The fourth-order valence-electron chi connectivity index (χ4n) is 1.41. The Morgan fingerprint density at radius 1 is 1.27 bits per heavy atom. The third kappa shape index (κ3) is 2.72. The molecule has 0 saturated carbocycles. The van der Waals surface area contributed by atoms with E-state index in [1.54, 1.807) is 0 Å². The number of nitrogens with two attached hydrogens (primary N) is 1. The fraction of sp³-hybridized carbons (Fsp3) is 0.538. The third-order valence-corrected chi connectivity index (χ3v) is 2.99. The Balaban J connectivity index is 2.88. The Hall–Kier alpha value is -1.02. The second kappa shape index (κ2) is 4.67. The summed E-state index contributed by atoms with van der Waals surface area (Å²) in [5.41, 5.74) is 7.14. The first kappa shape index (κ1) is 12.1. The molecule has 0 radical (unpaired) electrons. The maximum Gasteiger partial charge on any atom is 0.119 e. The van der Waals surface area contributed by atoms with Gasteiger partial charge in [-0.3, -0.25) is 0 Å². The van der Waals surface area contributed by atoms with E-state index in [1.165, 1.54) is 0 Å². The van der Waals surface area contributed by atoms with Gasteiger partial charge in [-0.25, -0.2) is 0 Å². The Kier molecular flexibility index (Phi) is 3.75. The SMILES string of the molecule is CCOc1ccc(C(C)(N)C(C)C)cc1. The maximum atomic E-state index is 6.26. The van der Waals surface area contributed by atoms with Gasteiger partial charge in [-0.15, -0.1) is 0 Å². The van der Waals surface area contributed by atoms with Crippen LogP contribution in [0.3, 0.4) is 0 Å². The van der Waals surface area contributed by atoms with Gasteiger partial charge >= 0.3 is 0 Å². The highest BCUT2D eigenvalue weighted by atomic mass is 16.5. The van der Waals surface area contributed by atoms with Gasteiger partial charge in [0.15, 0.2) is 0 Å². The van der Waals surface area contributed by atoms with Crippen molar-refractivity contribution < 1.29 is 4.74 Å². The molecule has 2 nitrogen and oxygen atoms in total. The summed E-state index contributed by atoms with van der Waals surface area (Å²) in [6, 6.07) is 8.05. The molecule has 84 valence electrons. The first-order chi connectivity index (χ1) is 6.98. The molecule has 1 aromatic rings. The fourth-order valence-corrected chi connectivity index (χ4v) is 1.41. The maximum absolute atomic E-state index is 6.26. The van der Waals surface area contributed by atoms with Crippen molar-refractivity contribution in [1.29, 1.82) is 0 Å². The minimum absolute atomic E-state index is 0.273. The minimum Gasteiger partial charge on any atom is -0.494 e. The summed E-state index contributed by atoms with van der Waals surface area (Å²) in [5.74, 6) is 1.32. The molecule has 0 bridgehead atoms. The lowest BCUT2D eigenvalue weighted by molar-refractivity contribution is 0.336. The molecule has 1 rings (SSSR count). The van der Waals surface area contributed by atoms with Gasteiger partial charge in [0.25, 0.3) is 0 Å². The van der Waals surface area contributed by atoms with E-state index >= 15 is 0 Å². The lowest BCUT2D eigenvalue weighted by Crippen LogP contribution is -2.38. The first-order valence-corrected chi connectivity index (χ1v) is 5.50. The molecule has 0 amide bonds. The van der Waals surface area contributed by atoms with E-state index in [9.17, 15) is 0 Å². The van der Waals surface area contributed by atoms with Crippen molar-refractivity contribution in [2.45, 2.75) is 33.2 Å². The summed E-state index contributed by atoms with van der Waals surface area (Å²) in [5, 5.41) is 0. The smallest absolute Gasteiger partial charge is 0.119 e. The molecule has 15 heavy (non-hydrogen) atoms. The van der Waals surface area contributed by atoms with Crippen LogP contribution in [0.25, 0.3) is 0 Å². The Morgan fingerprint density at radius 2 is 1.80 bits per heavy atom. The normalized spacial score (nSPS) is 15.1. The predicted octanol–water partition coefficient (Wildman–Crippen LogP) is 2.92. The van der Waals surface area contributed by atoms with Crippen LogP contribution in [-0.4, -0.2) is 6.61 Å². The van der Waals surface area contributed by atoms with Crippen molar-refractivity contribution >= 4 is 0 Å². The predicted molar refractivity (Wildman–Crippen MR) is 64.0 cm³/mol. The second-order valence-corrected chi connectivity index (χ2v) is 4.39. The Labute approximate surface area is 92.4 Å². The van der Waals surface area contributed by atoms with E-state index < -0.39 is 0 Å². The van der Waals surface area contributed by atoms with Gasteiger partial charge in [-0.2, -0.15) is 0 Å². The highest BCUT2D eigenvalue weighted by Crippen LogP contribution is 2.27. The van der Waals surface area contributed by atoms with Gasteiger partial charge in [0.1, 0.15) is 5.75 Å². The van der Waals surface area contributed by atoms with Gasteiger partial charge in [-0.1, -0.05) is 26.0 Å². The van der Waals surface area contributed by atoms with E-state index in [2.05, 4.69) is 20.8 Å². The summed E-state index contributed by atoms with van der Waals surface area (Å²) in [6.07, 6.45) is 0. The lowest BCUT2D eigenvalue weighted by Gasteiger charge is -2.29. The van der Waals surface area contributed by atoms with Crippen LogP contribution in [0, 0.1) is 5.92 Å². The zero-order valence-corrected chi connectivity index (χ0v) is 10.1. The molecule has 0 aliphatic carbocycles. The summed E-state index contributed by atoms with van der Waals surface area (Å²) in [7, 11) is 0. The van der Waals surface area contributed by atoms with Crippen molar-refractivity contribution in [3.63, 3.8) is 0 Å². The molecule has 0 aliphatic rings. The molecular weight excluding hydrogens is 186 g/mol. The molecule has 0 aromatic heterocycles. The zero-order valence-electron chi connectivity index (χ0n) is 10.1. The minimum atomic E-state index is -0.273. The van der Waals surface area contributed by atoms with Crippen LogP contribution in [0.5, 0.6) is 5.75 Å². The molecule has 0 spiro atoms. The summed E-state index contributed by atoms with van der Waals surface area (Å²) >= 11 is 0. The molecule has 2 heteroatoms. The molecule has 1 atom stereocenters. The van der Waals surface area contributed by atoms with Crippen LogP contribution >= 0.6 is 0 Å². The van der Waals surface area contributed by atoms with Crippen molar-refractivity contribution in [2.75, 3.05) is 6.61 Å². The van der Waals surface area contributed by atoms with Crippen molar-refractivity contribution in [1.82, 2.24) is 0 Å². The van der Waals surface area contributed by atoms with E-state index in [4.69, 9.17) is 10.5 Å². The number of hydrogen-bond acceptors (Lipinski definition) is 2. The van der Waals surface area contributed by atoms with E-state index in [1.807, 2.05) is 31.2 Å². The largest absolute Gasteiger partial charge is 0.494 e. The van der Waals surface area contributed by atoms with Gasteiger partial charge < -0.3 is 10.5 Å². The summed E-state index contributed by atoms with van der Waals surface area (Å²) in [6.45, 7) is 9.01. The van der Waals surface area contributed by atoms with Gasteiger partial charge in [0.05, 0.1) is 6.61 Å². The molecule has 0 fully saturated rings. The molecule has 1 unspecified atom stereocenters. The quantitative estimate of drug-likeness (QED) is 0.824. The molecule has 0 aliphatic heterocycles. The topological polar surface area (TPSA) is 35.2 Å². The standard InChI is InChI=1S/C13H21NO/c1-5-15-12-8-6-11(7-9-12)13(4,14)10(2)3/h6-10H,5,14H2,1-4H3. The van der Waals surface area contributed by atoms with Crippen LogP contribution in [0.1, 0.15) is 33.3 Å². The van der Waals surface area contributed by atoms with Gasteiger partial charge in [0, 0.05) is 5.54 Å². The van der Waals surface area contributed by atoms with Crippen molar-refractivity contribution in [3.8, 4) is 5.75 Å². The van der Waals surface area contributed by atoms with Crippen LogP contribution in [0.4, 0.5) is 0 Å². The highest BCUT2D eigenvalue weighted by molar-refractivity contribution is 5.31. The highest BCUT2D eigenvalue weighted by Gasteiger charge is 2.24. The van der Waals surface area contributed by atoms with Crippen LogP contribution in [0.2, 0.25) is 0 Å². The number of hydrogen-bond donors (Lipinski definition) is 1. The van der Waals surface area contributed by atoms with Crippen LogP contribution in [0.15, 0.2) is 24.3 Å². The average Bonchev–Trinajstić information content (AvgIpc) is 2.19. The van der Waals surface area contributed by atoms with Crippen molar-refractivity contribution in [2.24, 2.45) is 11.7 Å². The molecule has 2 N–H and O–H groups in total. The van der Waals surface area contributed by atoms with Crippen LogP contribution in [-0.2, 0) is 5.54 Å². The lowest BCUT2D eigenvalue weighted by atomic mass is 9.83. The number of rotatable bonds is 4. The monoisotopic (exact) mass is 207 g/mol. The first-order valence-electron chi connectivity index (χ1n) is 5.50. The van der Waals surface area contributed by atoms with E-state index in [0.29, 0.717) is 12.5 Å². The molecule has 1 aromatic carbocycles. The van der Waals surface area contributed by atoms with E-state index in [0.717, 1.165) is 11.3 Å². The van der Waals surface area contributed by atoms with Crippen LogP contribution < -0.4 is 10.5 Å². The molecule has 0 heterocycles. The summed E-state index contributed by atoms with van der Waals surface area (Å²) < 4.78 is 5.39. The van der Waals surface area contributed by atoms with E-state index in [-0.39, 0.29) is 5.54 Å². The van der Waals surface area contributed by atoms with Gasteiger partial charge in [0.2, 0.25) is 0 Å². The average molecular weight is 207 g/mol. The Bertz CT molecular complexity index is 301. The van der Waals surface area contributed by atoms with Crippen molar-refractivity contribution in [3.05, 3.63) is 29.8 Å². The Morgan fingerprint density at radius 3 is 2.20 bits per heavy atom. The number of ether oxygens (including phenoxy) is 1. The molecule has 0 saturated heterocycles. The molecular formula is C13H21NO. The van der Waals surface area contributed by atoms with Gasteiger partial charge in [-0.05, 0) is 37.5 Å². The number of benzene rings is 1.